The monoisotopic (exact) mass is 296 g/mol. The van der Waals surface area contributed by atoms with Gasteiger partial charge in [-0.25, -0.2) is 13.6 Å². The Balaban J connectivity index is 2.11. The first-order valence-electron chi connectivity index (χ1n) is 6.69. The molecule has 110 valence electrons. The molecule has 2 rings (SSSR count). The summed E-state index contributed by atoms with van der Waals surface area (Å²) < 4.78 is 22.5. The third kappa shape index (κ3) is 3.19. The summed E-state index contributed by atoms with van der Waals surface area (Å²) in [6, 6.07) is 4.30. The number of hydrogen-bond donors (Lipinski definition) is 2. The van der Waals surface area contributed by atoms with Gasteiger partial charge in [-0.2, -0.15) is 0 Å². The summed E-state index contributed by atoms with van der Waals surface area (Å²) in [5.74, 6) is -0.164. The average Bonchev–Trinajstić information content (AvgIpc) is 3.15. The van der Waals surface area contributed by atoms with Crippen LogP contribution in [0.25, 0.3) is 0 Å². The molecule has 0 radical (unpaired) electrons. The van der Waals surface area contributed by atoms with E-state index in [2.05, 4.69) is 12.2 Å². The molecule has 0 unspecified atom stereocenters. The van der Waals surface area contributed by atoms with Gasteiger partial charge in [0.2, 0.25) is 10.0 Å². The lowest BCUT2D eigenvalue weighted by molar-refractivity contribution is 0.0943. The number of primary sulfonamides is 1. The van der Waals surface area contributed by atoms with Gasteiger partial charge in [-0.15, -0.1) is 0 Å². The SMILES string of the molecule is CCC1(CNC(=O)c2ccc(S(N)(=O)=O)cc2C)CC1. The zero-order chi connectivity index (χ0) is 15.0. The molecule has 0 saturated heterocycles. The molecule has 5 nitrogen and oxygen atoms in total. The Bertz CT molecular complexity index is 634. The van der Waals surface area contributed by atoms with Crippen LogP contribution >= 0.6 is 0 Å². The van der Waals surface area contributed by atoms with E-state index in [4.69, 9.17) is 5.14 Å². The predicted octanol–water partition coefficient (Wildman–Crippen LogP) is 1.56. The van der Waals surface area contributed by atoms with E-state index in [1.165, 1.54) is 18.2 Å². The third-order valence-electron chi connectivity index (χ3n) is 4.10. The van der Waals surface area contributed by atoms with Gasteiger partial charge < -0.3 is 5.32 Å². The van der Waals surface area contributed by atoms with Gasteiger partial charge in [-0.3, -0.25) is 4.79 Å². The van der Waals surface area contributed by atoms with Crippen molar-refractivity contribution in [2.75, 3.05) is 6.54 Å². The third-order valence-corrected chi connectivity index (χ3v) is 5.01. The van der Waals surface area contributed by atoms with Crippen molar-refractivity contribution in [3.63, 3.8) is 0 Å². The fourth-order valence-electron chi connectivity index (χ4n) is 2.26. The summed E-state index contributed by atoms with van der Waals surface area (Å²) in [5.41, 5.74) is 1.38. The number of nitrogens with one attached hydrogen (secondary N) is 1. The van der Waals surface area contributed by atoms with Crippen LogP contribution in [0.4, 0.5) is 0 Å². The lowest BCUT2D eigenvalue weighted by atomic mass is 10.0. The number of amides is 1. The molecule has 1 aromatic carbocycles. The van der Waals surface area contributed by atoms with Gasteiger partial charge in [0.05, 0.1) is 4.90 Å². The molecule has 1 aliphatic carbocycles. The maximum Gasteiger partial charge on any atom is 0.251 e. The van der Waals surface area contributed by atoms with E-state index in [0.29, 0.717) is 17.7 Å². The standard InChI is InChI=1S/C14H20N2O3S/c1-3-14(6-7-14)9-16-13(17)12-5-4-11(8-10(12)2)20(15,18)19/h4-5,8H,3,6-7,9H2,1-2H3,(H,16,17)(H2,15,18,19). The van der Waals surface area contributed by atoms with Gasteiger partial charge in [0, 0.05) is 12.1 Å². The van der Waals surface area contributed by atoms with Crippen molar-refractivity contribution in [2.24, 2.45) is 10.6 Å². The predicted molar refractivity (Wildman–Crippen MR) is 76.8 cm³/mol. The fraction of sp³-hybridized carbons (Fsp3) is 0.500. The van der Waals surface area contributed by atoms with E-state index in [0.717, 1.165) is 19.3 Å². The normalized spacial score (nSPS) is 16.8. The van der Waals surface area contributed by atoms with Crippen LogP contribution in [0.15, 0.2) is 23.1 Å². The first-order chi connectivity index (χ1) is 9.27. The topological polar surface area (TPSA) is 89.3 Å². The lowest BCUT2D eigenvalue weighted by Crippen LogP contribution is -2.30. The van der Waals surface area contributed by atoms with Gasteiger partial charge in [0.15, 0.2) is 0 Å². The van der Waals surface area contributed by atoms with E-state index in [1.807, 2.05) is 0 Å². The van der Waals surface area contributed by atoms with Gasteiger partial charge in [-0.05, 0) is 55.4 Å². The zero-order valence-corrected chi connectivity index (χ0v) is 12.6. The van der Waals surface area contributed by atoms with E-state index in [1.54, 1.807) is 6.92 Å². The fourth-order valence-corrected chi connectivity index (χ4v) is 2.86. The minimum Gasteiger partial charge on any atom is -0.351 e. The van der Waals surface area contributed by atoms with Crippen LogP contribution in [-0.2, 0) is 10.0 Å². The molecule has 0 aromatic heterocycles. The summed E-state index contributed by atoms with van der Waals surface area (Å²) in [4.78, 5) is 12.2. The van der Waals surface area contributed by atoms with Gasteiger partial charge in [0.25, 0.3) is 5.91 Å². The van der Waals surface area contributed by atoms with Gasteiger partial charge in [-0.1, -0.05) is 6.92 Å². The Morgan fingerprint density at radius 2 is 2.05 bits per heavy atom. The number of carbonyl (C=O) groups excluding carboxylic acids is 1. The molecule has 0 bridgehead atoms. The van der Waals surface area contributed by atoms with Crippen molar-refractivity contribution in [3.8, 4) is 0 Å². The lowest BCUT2D eigenvalue weighted by Gasteiger charge is -2.14. The summed E-state index contributed by atoms with van der Waals surface area (Å²) in [5, 5.41) is 8.00. The second kappa shape index (κ2) is 5.18. The first kappa shape index (κ1) is 15.0. The molecule has 20 heavy (non-hydrogen) atoms. The second-order valence-corrected chi connectivity index (χ2v) is 7.12. The molecule has 1 fully saturated rings. The van der Waals surface area contributed by atoms with E-state index in [9.17, 15) is 13.2 Å². The highest BCUT2D eigenvalue weighted by atomic mass is 32.2. The van der Waals surface area contributed by atoms with E-state index < -0.39 is 10.0 Å². The number of aryl methyl sites for hydroxylation is 1. The molecule has 0 heterocycles. The number of rotatable bonds is 5. The van der Waals surface area contributed by atoms with Crippen LogP contribution in [0.3, 0.4) is 0 Å². The Labute approximate surface area is 119 Å². The molecule has 0 aliphatic heterocycles. The van der Waals surface area contributed by atoms with Crippen molar-refractivity contribution in [1.82, 2.24) is 5.32 Å². The summed E-state index contributed by atoms with van der Waals surface area (Å²) in [6.45, 7) is 4.51. The zero-order valence-electron chi connectivity index (χ0n) is 11.8. The number of nitrogens with two attached hydrogens (primary N) is 1. The number of sulfonamides is 1. The van der Waals surface area contributed by atoms with E-state index in [-0.39, 0.29) is 16.2 Å². The average molecular weight is 296 g/mol. The maximum atomic E-state index is 12.1. The Kier molecular flexibility index (Phi) is 3.88. The smallest absolute Gasteiger partial charge is 0.251 e. The van der Waals surface area contributed by atoms with Crippen molar-refractivity contribution in [3.05, 3.63) is 29.3 Å². The molecule has 1 saturated carbocycles. The van der Waals surface area contributed by atoms with Crippen molar-refractivity contribution < 1.29 is 13.2 Å². The first-order valence-corrected chi connectivity index (χ1v) is 8.24. The molecule has 1 amide bonds. The highest BCUT2D eigenvalue weighted by Crippen LogP contribution is 2.47. The van der Waals surface area contributed by atoms with Crippen LogP contribution in [0.5, 0.6) is 0 Å². The number of carbonyl (C=O) groups is 1. The Morgan fingerprint density at radius 3 is 2.50 bits per heavy atom. The quantitative estimate of drug-likeness (QED) is 0.864. The highest BCUT2D eigenvalue weighted by molar-refractivity contribution is 7.89. The van der Waals surface area contributed by atoms with Crippen molar-refractivity contribution in [1.29, 1.82) is 0 Å². The molecular weight excluding hydrogens is 276 g/mol. The molecule has 1 aliphatic rings. The van der Waals surface area contributed by atoms with Crippen LogP contribution < -0.4 is 10.5 Å². The maximum absolute atomic E-state index is 12.1. The Morgan fingerprint density at radius 1 is 1.40 bits per heavy atom. The summed E-state index contributed by atoms with van der Waals surface area (Å²) in [7, 11) is -3.73. The largest absolute Gasteiger partial charge is 0.351 e. The van der Waals surface area contributed by atoms with Crippen LogP contribution in [-0.4, -0.2) is 20.9 Å². The molecular formula is C14H20N2O3S. The van der Waals surface area contributed by atoms with Gasteiger partial charge in [0.1, 0.15) is 0 Å². The molecule has 0 atom stereocenters. The van der Waals surface area contributed by atoms with Crippen LogP contribution in [0.2, 0.25) is 0 Å². The number of benzene rings is 1. The molecule has 0 spiro atoms. The van der Waals surface area contributed by atoms with Crippen molar-refractivity contribution >= 4 is 15.9 Å². The van der Waals surface area contributed by atoms with Gasteiger partial charge >= 0.3 is 0 Å². The van der Waals surface area contributed by atoms with Crippen LogP contribution in [0.1, 0.15) is 42.1 Å². The van der Waals surface area contributed by atoms with Crippen LogP contribution in [0, 0.1) is 12.3 Å². The summed E-state index contributed by atoms with van der Waals surface area (Å²) >= 11 is 0. The minimum absolute atomic E-state index is 0.0266. The number of hydrogen-bond acceptors (Lipinski definition) is 3. The summed E-state index contributed by atoms with van der Waals surface area (Å²) in [6.07, 6.45) is 3.39. The highest BCUT2D eigenvalue weighted by Gasteiger charge is 2.40. The van der Waals surface area contributed by atoms with E-state index >= 15 is 0 Å². The molecule has 3 N–H and O–H groups in total. The Hall–Kier alpha value is -1.40. The minimum atomic E-state index is -3.73. The molecule has 6 heteroatoms. The van der Waals surface area contributed by atoms with Crippen molar-refractivity contribution in [2.45, 2.75) is 38.0 Å². The molecule has 1 aromatic rings. The second-order valence-electron chi connectivity index (χ2n) is 5.56.